The maximum absolute atomic E-state index is 9.58. The standard InChI is InChI=1S/C18H23NO4S/c1-12-6-14-7-15(4-5-17(14)23-12)22-9-16-8-19(13(2)24-16)18(3,10-20)11-21/h4-8,13,20-21H,9-11H2,1-3H3. The third kappa shape index (κ3) is 3.27. The van der Waals surface area contributed by atoms with Crippen molar-refractivity contribution in [3.63, 3.8) is 0 Å². The van der Waals surface area contributed by atoms with E-state index >= 15 is 0 Å². The normalized spacial score (nSPS) is 18.3. The zero-order valence-corrected chi connectivity index (χ0v) is 15.0. The summed E-state index contributed by atoms with van der Waals surface area (Å²) in [6.07, 6.45) is 1.97. The number of nitrogens with zero attached hydrogens (tertiary/aromatic N) is 1. The first-order valence-corrected chi connectivity index (χ1v) is 8.84. The van der Waals surface area contributed by atoms with E-state index in [0.717, 1.165) is 27.4 Å². The van der Waals surface area contributed by atoms with E-state index in [2.05, 4.69) is 6.92 Å². The lowest BCUT2D eigenvalue weighted by Gasteiger charge is -2.38. The maximum atomic E-state index is 9.58. The monoisotopic (exact) mass is 349 g/mol. The molecular formula is C18H23NO4S. The fraction of sp³-hybridized carbons (Fsp3) is 0.444. The molecule has 1 aromatic heterocycles. The van der Waals surface area contributed by atoms with Crippen molar-refractivity contribution in [2.45, 2.75) is 31.7 Å². The summed E-state index contributed by atoms with van der Waals surface area (Å²) in [7, 11) is 0. The van der Waals surface area contributed by atoms with Crippen molar-refractivity contribution < 1.29 is 19.4 Å². The summed E-state index contributed by atoms with van der Waals surface area (Å²) in [6.45, 7) is 6.08. The van der Waals surface area contributed by atoms with Gasteiger partial charge < -0.3 is 24.3 Å². The van der Waals surface area contributed by atoms with Gasteiger partial charge >= 0.3 is 0 Å². The summed E-state index contributed by atoms with van der Waals surface area (Å²) in [6, 6.07) is 7.78. The van der Waals surface area contributed by atoms with Crippen LogP contribution in [0.1, 0.15) is 19.6 Å². The van der Waals surface area contributed by atoms with Gasteiger partial charge in [0, 0.05) is 16.5 Å². The molecule has 2 N–H and O–H groups in total. The Bertz CT molecular complexity index is 751. The minimum atomic E-state index is -0.665. The van der Waals surface area contributed by atoms with Gasteiger partial charge in [0.2, 0.25) is 0 Å². The molecule has 0 fully saturated rings. The third-order valence-corrected chi connectivity index (χ3v) is 5.39. The topological polar surface area (TPSA) is 66.1 Å². The average Bonchev–Trinajstić information content (AvgIpc) is 3.13. The zero-order valence-electron chi connectivity index (χ0n) is 14.2. The SMILES string of the molecule is Cc1cc2cc(OCC3=CN(C(C)(CO)CO)C(C)S3)ccc2o1. The molecule has 0 aliphatic carbocycles. The average molecular weight is 349 g/mol. The summed E-state index contributed by atoms with van der Waals surface area (Å²) >= 11 is 1.68. The van der Waals surface area contributed by atoms with Crippen LogP contribution in [-0.2, 0) is 0 Å². The number of rotatable bonds is 6. The molecule has 0 radical (unpaired) electrons. The summed E-state index contributed by atoms with van der Waals surface area (Å²) < 4.78 is 11.5. The Morgan fingerprint density at radius 3 is 2.75 bits per heavy atom. The fourth-order valence-electron chi connectivity index (χ4n) is 2.84. The highest BCUT2D eigenvalue weighted by molar-refractivity contribution is 8.03. The second-order valence-corrected chi connectivity index (χ2v) is 7.82. The Morgan fingerprint density at radius 1 is 1.29 bits per heavy atom. The number of fused-ring (bicyclic) bond motifs is 1. The lowest BCUT2D eigenvalue weighted by molar-refractivity contribution is 0.0266. The molecule has 5 nitrogen and oxygen atoms in total. The van der Waals surface area contributed by atoms with Crippen molar-refractivity contribution >= 4 is 22.7 Å². The lowest BCUT2D eigenvalue weighted by atomic mass is 10.0. The Balaban J connectivity index is 1.69. The molecule has 1 atom stereocenters. The molecule has 2 heterocycles. The number of furan rings is 1. The Morgan fingerprint density at radius 2 is 2.04 bits per heavy atom. The van der Waals surface area contributed by atoms with E-state index in [4.69, 9.17) is 9.15 Å². The first-order valence-electron chi connectivity index (χ1n) is 7.96. The van der Waals surface area contributed by atoms with Gasteiger partial charge in [0.05, 0.1) is 24.1 Å². The van der Waals surface area contributed by atoms with E-state index < -0.39 is 5.54 Å². The van der Waals surface area contributed by atoms with Crippen molar-refractivity contribution in [2.24, 2.45) is 0 Å². The largest absolute Gasteiger partial charge is 0.488 e. The van der Waals surface area contributed by atoms with E-state index in [-0.39, 0.29) is 18.6 Å². The van der Waals surface area contributed by atoms with Gasteiger partial charge in [-0.15, -0.1) is 11.8 Å². The van der Waals surface area contributed by atoms with Crippen LogP contribution >= 0.6 is 11.8 Å². The second-order valence-electron chi connectivity index (χ2n) is 6.38. The molecule has 2 aromatic rings. The van der Waals surface area contributed by atoms with Gasteiger partial charge in [-0.1, -0.05) is 0 Å². The van der Waals surface area contributed by atoms with Crippen LogP contribution < -0.4 is 4.74 Å². The molecule has 24 heavy (non-hydrogen) atoms. The zero-order chi connectivity index (χ0) is 17.3. The summed E-state index contributed by atoms with van der Waals surface area (Å²) in [5.74, 6) is 1.68. The second kappa shape index (κ2) is 6.70. The quantitative estimate of drug-likeness (QED) is 0.835. The van der Waals surface area contributed by atoms with Crippen LogP contribution in [0.25, 0.3) is 11.0 Å². The number of aryl methyl sites for hydroxylation is 1. The van der Waals surface area contributed by atoms with E-state index in [1.165, 1.54) is 0 Å². The Hall–Kier alpha value is -1.63. The van der Waals surface area contributed by atoms with Gasteiger partial charge in [-0.05, 0) is 45.0 Å². The smallest absolute Gasteiger partial charge is 0.134 e. The van der Waals surface area contributed by atoms with Crippen LogP contribution in [0.15, 0.2) is 39.8 Å². The van der Waals surface area contributed by atoms with E-state index in [1.807, 2.05) is 49.2 Å². The molecule has 1 aromatic carbocycles. The molecule has 0 saturated carbocycles. The highest BCUT2D eigenvalue weighted by atomic mass is 32.2. The first kappa shape index (κ1) is 17.2. The molecule has 130 valence electrons. The van der Waals surface area contributed by atoms with Crippen molar-refractivity contribution in [3.8, 4) is 5.75 Å². The third-order valence-electron chi connectivity index (χ3n) is 4.29. The fourth-order valence-corrected chi connectivity index (χ4v) is 4.01. The highest BCUT2D eigenvalue weighted by Crippen LogP contribution is 2.37. The number of aliphatic hydroxyl groups is 2. The van der Waals surface area contributed by atoms with Crippen LogP contribution in [0, 0.1) is 6.92 Å². The van der Waals surface area contributed by atoms with E-state index in [9.17, 15) is 10.2 Å². The van der Waals surface area contributed by atoms with Crippen LogP contribution in [0.3, 0.4) is 0 Å². The number of ether oxygens (including phenoxy) is 1. The van der Waals surface area contributed by atoms with Gasteiger partial charge in [-0.2, -0.15) is 0 Å². The summed E-state index contributed by atoms with van der Waals surface area (Å²) in [5, 5.41) is 20.3. The van der Waals surface area contributed by atoms with Crippen molar-refractivity contribution in [2.75, 3.05) is 19.8 Å². The van der Waals surface area contributed by atoms with Crippen LogP contribution in [-0.4, -0.2) is 45.8 Å². The number of thioether (sulfide) groups is 1. The Labute approximate surface area is 145 Å². The molecule has 0 spiro atoms. The molecule has 1 unspecified atom stereocenters. The maximum Gasteiger partial charge on any atom is 0.134 e. The summed E-state index contributed by atoms with van der Waals surface area (Å²) in [5.41, 5.74) is 0.192. The van der Waals surface area contributed by atoms with Crippen molar-refractivity contribution in [1.82, 2.24) is 4.90 Å². The number of hydrogen-bond acceptors (Lipinski definition) is 6. The molecule has 6 heteroatoms. The molecule has 1 aliphatic heterocycles. The van der Waals surface area contributed by atoms with Crippen molar-refractivity contribution in [3.05, 3.63) is 41.1 Å². The predicted octanol–water partition coefficient (Wildman–Crippen LogP) is 3.10. The van der Waals surface area contributed by atoms with Crippen LogP contribution in [0.4, 0.5) is 0 Å². The van der Waals surface area contributed by atoms with Gasteiger partial charge in [0.1, 0.15) is 23.7 Å². The molecule has 3 rings (SSSR count). The van der Waals surface area contributed by atoms with Gasteiger partial charge in [-0.3, -0.25) is 0 Å². The van der Waals surface area contributed by atoms with E-state index in [0.29, 0.717) is 6.61 Å². The Kier molecular flexibility index (Phi) is 4.80. The van der Waals surface area contributed by atoms with Gasteiger partial charge in [0.25, 0.3) is 0 Å². The molecule has 0 amide bonds. The van der Waals surface area contributed by atoms with Crippen LogP contribution in [0.2, 0.25) is 0 Å². The molecule has 0 saturated heterocycles. The number of aliphatic hydroxyl groups excluding tert-OH is 2. The first-order chi connectivity index (χ1) is 11.4. The molecule has 1 aliphatic rings. The number of benzene rings is 1. The summed E-state index contributed by atoms with van der Waals surface area (Å²) in [4.78, 5) is 3.07. The minimum Gasteiger partial charge on any atom is -0.488 e. The predicted molar refractivity (Wildman–Crippen MR) is 96.0 cm³/mol. The number of hydrogen-bond donors (Lipinski definition) is 2. The van der Waals surface area contributed by atoms with Gasteiger partial charge in [0.15, 0.2) is 0 Å². The molecule has 0 bridgehead atoms. The minimum absolute atomic E-state index is 0.102. The highest BCUT2D eigenvalue weighted by Gasteiger charge is 2.36. The lowest BCUT2D eigenvalue weighted by Crippen LogP contribution is -2.50. The molecular weight excluding hydrogens is 326 g/mol. The van der Waals surface area contributed by atoms with Crippen LogP contribution in [0.5, 0.6) is 5.75 Å². The van der Waals surface area contributed by atoms with Gasteiger partial charge in [-0.25, -0.2) is 0 Å². The van der Waals surface area contributed by atoms with Crippen molar-refractivity contribution in [1.29, 1.82) is 0 Å². The van der Waals surface area contributed by atoms with E-state index in [1.54, 1.807) is 11.8 Å².